The van der Waals surface area contributed by atoms with Crippen molar-refractivity contribution in [1.82, 2.24) is 0 Å². The van der Waals surface area contributed by atoms with Gasteiger partial charge in [-0.25, -0.2) is 0 Å². The van der Waals surface area contributed by atoms with Crippen LogP contribution < -0.4 is 9.64 Å². The van der Waals surface area contributed by atoms with Gasteiger partial charge in [-0.05, 0) is 47.9 Å². The van der Waals surface area contributed by atoms with Crippen LogP contribution in [-0.4, -0.2) is 6.54 Å². The Hall–Kier alpha value is -1.87. The minimum atomic E-state index is 0.505. The monoisotopic (exact) mass is 403 g/mol. The van der Waals surface area contributed by atoms with E-state index in [2.05, 4.69) is 11.0 Å². The van der Waals surface area contributed by atoms with Gasteiger partial charge in [-0.1, -0.05) is 65.1 Å². The van der Waals surface area contributed by atoms with Gasteiger partial charge >= 0.3 is 0 Å². The predicted molar refractivity (Wildman–Crippen MR) is 109 cm³/mol. The van der Waals surface area contributed by atoms with E-state index in [9.17, 15) is 0 Å². The molecule has 132 valence electrons. The molecule has 26 heavy (non-hydrogen) atoms. The van der Waals surface area contributed by atoms with E-state index in [1.54, 1.807) is 6.07 Å². The number of fused-ring (bicyclic) bond motifs is 2. The van der Waals surface area contributed by atoms with E-state index in [0.29, 0.717) is 22.3 Å². The molecule has 0 unspecified atom stereocenters. The molecule has 0 bridgehead atoms. The topological polar surface area (TPSA) is 12.5 Å². The van der Waals surface area contributed by atoms with Crippen molar-refractivity contribution in [3.63, 3.8) is 0 Å². The first kappa shape index (κ1) is 17.5. The van der Waals surface area contributed by atoms with Crippen LogP contribution in [0.5, 0.6) is 11.5 Å². The van der Waals surface area contributed by atoms with E-state index in [1.165, 1.54) is 0 Å². The number of hydrogen-bond donors (Lipinski definition) is 0. The molecule has 0 amide bonds. The number of rotatable bonds is 2. The van der Waals surface area contributed by atoms with Crippen molar-refractivity contribution in [1.29, 1.82) is 0 Å². The largest absolute Gasteiger partial charge is 0.453 e. The van der Waals surface area contributed by atoms with E-state index in [4.69, 9.17) is 39.5 Å². The SMILES string of the molecule is Clc1ccc(CN2CCc3ccccc3Oc3c(Cl)cc(Cl)cc32)cc1. The van der Waals surface area contributed by atoms with E-state index in [0.717, 1.165) is 40.6 Å². The van der Waals surface area contributed by atoms with Gasteiger partial charge in [0.2, 0.25) is 0 Å². The van der Waals surface area contributed by atoms with Crippen molar-refractivity contribution in [2.24, 2.45) is 0 Å². The minimum absolute atomic E-state index is 0.505. The zero-order chi connectivity index (χ0) is 18.1. The summed E-state index contributed by atoms with van der Waals surface area (Å²) in [6, 6.07) is 19.5. The normalized spacial score (nSPS) is 13.3. The predicted octanol–water partition coefficient (Wildman–Crippen LogP) is 7.00. The number of para-hydroxylation sites is 1. The van der Waals surface area contributed by atoms with Gasteiger partial charge in [0.1, 0.15) is 5.75 Å². The Bertz CT molecular complexity index is 940. The smallest absolute Gasteiger partial charge is 0.169 e. The number of anilines is 1. The van der Waals surface area contributed by atoms with Crippen LogP contribution in [0.15, 0.2) is 60.7 Å². The van der Waals surface area contributed by atoms with Gasteiger partial charge in [0.15, 0.2) is 5.75 Å². The highest BCUT2D eigenvalue weighted by Gasteiger charge is 2.22. The van der Waals surface area contributed by atoms with Crippen LogP contribution in [0.2, 0.25) is 15.1 Å². The summed E-state index contributed by atoms with van der Waals surface area (Å²) in [6.07, 6.45) is 0.868. The molecule has 0 spiro atoms. The maximum Gasteiger partial charge on any atom is 0.169 e. The number of ether oxygens (including phenoxy) is 1. The lowest BCUT2D eigenvalue weighted by molar-refractivity contribution is 0.469. The van der Waals surface area contributed by atoms with Crippen molar-refractivity contribution in [2.75, 3.05) is 11.4 Å². The molecule has 0 aromatic heterocycles. The van der Waals surface area contributed by atoms with Gasteiger partial charge < -0.3 is 9.64 Å². The summed E-state index contributed by atoms with van der Waals surface area (Å²) in [5.41, 5.74) is 3.21. The number of halogens is 3. The fourth-order valence-corrected chi connectivity index (χ4v) is 3.80. The summed E-state index contributed by atoms with van der Waals surface area (Å²) >= 11 is 18.8. The molecule has 1 heterocycles. The molecule has 3 aromatic carbocycles. The van der Waals surface area contributed by atoms with Crippen molar-refractivity contribution in [3.05, 3.63) is 86.9 Å². The summed E-state index contributed by atoms with van der Waals surface area (Å²) in [5.74, 6) is 1.47. The van der Waals surface area contributed by atoms with Crippen LogP contribution in [0.4, 0.5) is 5.69 Å². The van der Waals surface area contributed by atoms with Crippen LogP contribution >= 0.6 is 34.8 Å². The third-order valence-corrected chi connectivity index (χ3v) is 5.20. The molecule has 4 rings (SSSR count). The molecule has 0 fully saturated rings. The highest BCUT2D eigenvalue weighted by molar-refractivity contribution is 6.36. The first-order chi connectivity index (χ1) is 12.6. The summed E-state index contributed by atoms with van der Waals surface area (Å²) in [4.78, 5) is 2.24. The number of nitrogens with zero attached hydrogens (tertiary/aromatic N) is 1. The lowest BCUT2D eigenvalue weighted by Crippen LogP contribution is -2.27. The van der Waals surface area contributed by atoms with E-state index >= 15 is 0 Å². The highest BCUT2D eigenvalue weighted by Crippen LogP contribution is 2.43. The van der Waals surface area contributed by atoms with Crippen LogP contribution in [0, 0.1) is 0 Å². The average molecular weight is 405 g/mol. The highest BCUT2D eigenvalue weighted by atomic mass is 35.5. The Morgan fingerprint density at radius 3 is 2.46 bits per heavy atom. The van der Waals surface area contributed by atoms with Gasteiger partial charge in [0, 0.05) is 23.1 Å². The summed E-state index contributed by atoms with van der Waals surface area (Å²) in [6.45, 7) is 1.54. The van der Waals surface area contributed by atoms with Gasteiger partial charge in [0.25, 0.3) is 0 Å². The molecule has 0 atom stereocenters. The van der Waals surface area contributed by atoms with Gasteiger partial charge in [-0.15, -0.1) is 0 Å². The molecular weight excluding hydrogens is 389 g/mol. The zero-order valence-corrected chi connectivity index (χ0v) is 16.2. The number of benzene rings is 3. The van der Waals surface area contributed by atoms with Crippen LogP contribution in [0.3, 0.4) is 0 Å². The first-order valence-corrected chi connectivity index (χ1v) is 9.48. The Morgan fingerprint density at radius 2 is 1.65 bits per heavy atom. The van der Waals surface area contributed by atoms with E-state index in [1.807, 2.05) is 48.5 Å². The second-order valence-corrected chi connectivity index (χ2v) is 7.52. The molecule has 0 saturated heterocycles. The lowest BCUT2D eigenvalue weighted by Gasteiger charge is -2.30. The second-order valence-electron chi connectivity index (χ2n) is 6.24. The van der Waals surface area contributed by atoms with Gasteiger partial charge in [0.05, 0.1) is 10.7 Å². The fourth-order valence-electron chi connectivity index (χ4n) is 3.15. The van der Waals surface area contributed by atoms with Crippen molar-refractivity contribution in [3.8, 4) is 11.5 Å². The third-order valence-electron chi connectivity index (χ3n) is 4.45. The first-order valence-electron chi connectivity index (χ1n) is 8.34. The molecule has 0 saturated carbocycles. The summed E-state index contributed by atoms with van der Waals surface area (Å²) in [7, 11) is 0. The molecule has 0 aliphatic carbocycles. The van der Waals surface area contributed by atoms with Crippen molar-refractivity contribution >= 4 is 40.5 Å². The molecule has 2 nitrogen and oxygen atoms in total. The standard InChI is InChI=1S/C21H16Cl3NO/c22-16-7-5-14(6-8-16)13-25-10-9-15-3-1-2-4-20(15)26-21-18(24)11-17(23)12-19(21)25/h1-8,11-12H,9-10,13H2. The average Bonchev–Trinajstić information content (AvgIpc) is 2.62. The van der Waals surface area contributed by atoms with Crippen LogP contribution in [0.1, 0.15) is 11.1 Å². The molecule has 5 heteroatoms. The Labute approximate surface area is 167 Å². The van der Waals surface area contributed by atoms with Crippen molar-refractivity contribution < 1.29 is 4.74 Å². The third kappa shape index (κ3) is 3.64. The Balaban J connectivity index is 1.77. The zero-order valence-electron chi connectivity index (χ0n) is 13.9. The fraction of sp³-hybridized carbons (Fsp3) is 0.143. The summed E-state index contributed by atoms with van der Waals surface area (Å²) < 4.78 is 6.20. The molecule has 1 aliphatic rings. The molecular formula is C21H16Cl3NO. The van der Waals surface area contributed by atoms with E-state index < -0.39 is 0 Å². The summed E-state index contributed by atoms with van der Waals surface area (Å²) in [5, 5.41) is 1.82. The molecule has 3 aromatic rings. The Morgan fingerprint density at radius 1 is 0.885 bits per heavy atom. The molecule has 0 radical (unpaired) electrons. The van der Waals surface area contributed by atoms with Gasteiger partial charge in [-0.3, -0.25) is 0 Å². The Kier molecular flexibility index (Phi) is 4.99. The maximum absolute atomic E-state index is 6.48. The van der Waals surface area contributed by atoms with Crippen LogP contribution in [-0.2, 0) is 13.0 Å². The maximum atomic E-state index is 6.48. The van der Waals surface area contributed by atoms with Gasteiger partial charge in [-0.2, -0.15) is 0 Å². The lowest BCUT2D eigenvalue weighted by atomic mass is 10.1. The molecule has 0 N–H and O–H groups in total. The minimum Gasteiger partial charge on any atom is -0.453 e. The second kappa shape index (κ2) is 7.40. The quantitative estimate of drug-likeness (QED) is 0.456. The van der Waals surface area contributed by atoms with Crippen LogP contribution in [0.25, 0.3) is 0 Å². The molecule has 1 aliphatic heterocycles. The van der Waals surface area contributed by atoms with Crippen molar-refractivity contribution in [2.45, 2.75) is 13.0 Å². The number of hydrogen-bond acceptors (Lipinski definition) is 2. The van der Waals surface area contributed by atoms with E-state index in [-0.39, 0.29) is 0 Å².